The zero-order valence-corrected chi connectivity index (χ0v) is 14.5. The molecule has 1 N–H and O–H groups in total. The molecule has 0 amide bonds. The van der Waals surface area contributed by atoms with Crippen LogP contribution in [0.15, 0.2) is 48.5 Å². The second kappa shape index (κ2) is 5.43. The lowest BCUT2D eigenvalue weighted by Gasteiger charge is -2.06. The Bertz CT molecular complexity index is 749. The number of fused-ring (bicyclic) bond motifs is 1. The first-order valence-corrected chi connectivity index (χ1v) is 8.49. The standard InChI is InChI=1S/C18H16IN3/c1-12-2-4-13(5-3-12)17-16-10-11-20-18(16)22(21-17)15-8-6-14(19)7-9-15/h2-9,20H,10-11H2,1H3. The van der Waals surface area contributed by atoms with Crippen LogP contribution in [-0.4, -0.2) is 16.3 Å². The van der Waals surface area contributed by atoms with E-state index in [4.69, 9.17) is 5.10 Å². The fraction of sp³-hybridized carbons (Fsp3) is 0.167. The Labute approximate surface area is 143 Å². The number of aromatic nitrogens is 2. The highest BCUT2D eigenvalue weighted by Crippen LogP contribution is 2.34. The Morgan fingerprint density at radius 2 is 1.77 bits per heavy atom. The van der Waals surface area contributed by atoms with Crippen LogP contribution in [0.2, 0.25) is 0 Å². The van der Waals surface area contributed by atoms with Gasteiger partial charge in [-0.2, -0.15) is 5.10 Å². The Morgan fingerprint density at radius 3 is 2.50 bits per heavy atom. The minimum atomic E-state index is 0.983. The van der Waals surface area contributed by atoms with Crippen LogP contribution in [0.4, 0.5) is 5.82 Å². The van der Waals surface area contributed by atoms with E-state index in [0.717, 1.165) is 30.2 Å². The van der Waals surface area contributed by atoms with Crippen LogP contribution in [-0.2, 0) is 6.42 Å². The maximum atomic E-state index is 4.88. The molecule has 0 spiro atoms. The highest BCUT2D eigenvalue weighted by atomic mass is 127. The molecule has 1 aromatic heterocycles. The summed E-state index contributed by atoms with van der Waals surface area (Å²) in [6.45, 7) is 3.09. The van der Waals surface area contributed by atoms with Gasteiger partial charge in [0.25, 0.3) is 0 Å². The molecule has 0 fully saturated rings. The summed E-state index contributed by atoms with van der Waals surface area (Å²) in [5, 5.41) is 8.37. The molecule has 110 valence electrons. The monoisotopic (exact) mass is 401 g/mol. The van der Waals surface area contributed by atoms with Crippen molar-refractivity contribution in [2.75, 3.05) is 11.9 Å². The molecule has 0 bridgehead atoms. The van der Waals surface area contributed by atoms with Gasteiger partial charge in [0.05, 0.1) is 11.4 Å². The van der Waals surface area contributed by atoms with E-state index < -0.39 is 0 Å². The normalized spacial score (nSPS) is 13.0. The number of aryl methyl sites for hydroxylation is 1. The lowest BCUT2D eigenvalue weighted by atomic mass is 10.1. The van der Waals surface area contributed by atoms with Gasteiger partial charge in [-0.25, -0.2) is 4.68 Å². The third kappa shape index (κ3) is 2.31. The van der Waals surface area contributed by atoms with Crippen molar-refractivity contribution >= 4 is 28.4 Å². The van der Waals surface area contributed by atoms with Crippen LogP contribution >= 0.6 is 22.6 Å². The third-order valence-corrected chi connectivity index (χ3v) is 4.77. The van der Waals surface area contributed by atoms with Crippen molar-refractivity contribution in [3.8, 4) is 16.9 Å². The lowest BCUT2D eigenvalue weighted by Crippen LogP contribution is -2.04. The van der Waals surface area contributed by atoms with Gasteiger partial charge in [0.2, 0.25) is 0 Å². The molecule has 4 rings (SSSR count). The van der Waals surface area contributed by atoms with Crippen molar-refractivity contribution in [3.63, 3.8) is 0 Å². The average Bonchev–Trinajstić information content (AvgIpc) is 3.12. The molecule has 3 nitrogen and oxygen atoms in total. The smallest absolute Gasteiger partial charge is 0.133 e. The van der Waals surface area contributed by atoms with Gasteiger partial charge in [-0.1, -0.05) is 29.8 Å². The van der Waals surface area contributed by atoms with E-state index in [1.54, 1.807) is 0 Å². The number of nitrogens with one attached hydrogen (secondary N) is 1. The van der Waals surface area contributed by atoms with E-state index in [9.17, 15) is 0 Å². The van der Waals surface area contributed by atoms with Crippen LogP contribution in [0, 0.1) is 10.5 Å². The van der Waals surface area contributed by atoms with Crippen LogP contribution in [0.1, 0.15) is 11.1 Å². The molecule has 0 atom stereocenters. The first kappa shape index (κ1) is 13.8. The SMILES string of the molecule is Cc1ccc(-c2nn(-c3ccc(I)cc3)c3c2CCN3)cc1. The first-order chi connectivity index (χ1) is 10.7. The van der Waals surface area contributed by atoms with E-state index in [2.05, 4.69) is 83.4 Å². The number of rotatable bonds is 2. The lowest BCUT2D eigenvalue weighted by molar-refractivity contribution is 0.882. The van der Waals surface area contributed by atoms with Crippen molar-refractivity contribution in [1.82, 2.24) is 9.78 Å². The van der Waals surface area contributed by atoms with E-state index in [-0.39, 0.29) is 0 Å². The molecular weight excluding hydrogens is 385 g/mol. The average molecular weight is 401 g/mol. The van der Waals surface area contributed by atoms with E-state index in [1.165, 1.54) is 20.3 Å². The molecule has 3 aromatic rings. The zero-order chi connectivity index (χ0) is 15.1. The van der Waals surface area contributed by atoms with Crippen molar-refractivity contribution in [3.05, 3.63) is 63.2 Å². The molecule has 0 saturated carbocycles. The highest BCUT2D eigenvalue weighted by Gasteiger charge is 2.23. The largest absolute Gasteiger partial charge is 0.369 e. The minimum absolute atomic E-state index is 0.983. The van der Waals surface area contributed by atoms with Gasteiger partial charge in [0.1, 0.15) is 5.82 Å². The summed E-state index contributed by atoms with van der Waals surface area (Å²) in [5.74, 6) is 1.14. The topological polar surface area (TPSA) is 29.9 Å². The fourth-order valence-corrected chi connectivity index (χ4v) is 3.25. The van der Waals surface area contributed by atoms with Gasteiger partial charge in [-0.3, -0.25) is 0 Å². The summed E-state index contributed by atoms with van der Waals surface area (Å²) in [6.07, 6.45) is 1.03. The summed E-state index contributed by atoms with van der Waals surface area (Å²) in [5.41, 5.74) is 5.98. The number of hydrogen-bond acceptors (Lipinski definition) is 2. The summed E-state index contributed by atoms with van der Waals surface area (Å²) >= 11 is 2.33. The first-order valence-electron chi connectivity index (χ1n) is 7.41. The van der Waals surface area contributed by atoms with Gasteiger partial charge in [-0.05, 0) is 60.2 Å². The van der Waals surface area contributed by atoms with Crippen LogP contribution in [0.25, 0.3) is 16.9 Å². The Hall–Kier alpha value is -1.82. The van der Waals surface area contributed by atoms with Crippen molar-refractivity contribution in [2.45, 2.75) is 13.3 Å². The van der Waals surface area contributed by atoms with Gasteiger partial charge < -0.3 is 5.32 Å². The van der Waals surface area contributed by atoms with E-state index in [0.29, 0.717) is 0 Å². The van der Waals surface area contributed by atoms with Gasteiger partial charge in [0, 0.05) is 21.2 Å². The number of anilines is 1. The zero-order valence-electron chi connectivity index (χ0n) is 12.3. The Morgan fingerprint density at radius 1 is 1.05 bits per heavy atom. The molecular formula is C18H16IN3. The fourth-order valence-electron chi connectivity index (χ4n) is 2.89. The van der Waals surface area contributed by atoms with Crippen molar-refractivity contribution in [1.29, 1.82) is 0 Å². The molecule has 0 aliphatic carbocycles. The molecule has 2 heterocycles. The van der Waals surface area contributed by atoms with Gasteiger partial charge >= 0.3 is 0 Å². The molecule has 1 aliphatic heterocycles. The molecule has 0 saturated heterocycles. The summed E-state index contributed by atoms with van der Waals surface area (Å²) < 4.78 is 3.27. The van der Waals surface area contributed by atoms with Crippen molar-refractivity contribution < 1.29 is 0 Å². The summed E-state index contributed by atoms with van der Waals surface area (Å²) in [6, 6.07) is 17.1. The molecule has 4 heteroatoms. The summed E-state index contributed by atoms with van der Waals surface area (Å²) in [7, 11) is 0. The number of benzene rings is 2. The number of nitrogens with zero attached hydrogens (tertiary/aromatic N) is 2. The van der Waals surface area contributed by atoms with Crippen LogP contribution in [0.3, 0.4) is 0 Å². The van der Waals surface area contributed by atoms with Crippen LogP contribution < -0.4 is 5.32 Å². The third-order valence-electron chi connectivity index (χ3n) is 4.05. The number of hydrogen-bond donors (Lipinski definition) is 1. The van der Waals surface area contributed by atoms with Crippen LogP contribution in [0.5, 0.6) is 0 Å². The van der Waals surface area contributed by atoms with Gasteiger partial charge in [-0.15, -0.1) is 0 Å². The molecule has 22 heavy (non-hydrogen) atoms. The quantitative estimate of drug-likeness (QED) is 0.645. The molecule has 1 aliphatic rings. The maximum Gasteiger partial charge on any atom is 0.133 e. The molecule has 0 unspecified atom stereocenters. The Kier molecular flexibility index (Phi) is 3.41. The maximum absolute atomic E-state index is 4.88. The van der Waals surface area contributed by atoms with Crippen molar-refractivity contribution in [2.24, 2.45) is 0 Å². The van der Waals surface area contributed by atoms with E-state index in [1.807, 2.05) is 4.68 Å². The van der Waals surface area contributed by atoms with Gasteiger partial charge in [0.15, 0.2) is 0 Å². The Balaban J connectivity index is 1.86. The predicted octanol–water partition coefficient (Wildman–Crippen LogP) is 4.42. The molecule has 0 radical (unpaired) electrons. The minimum Gasteiger partial charge on any atom is -0.369 e. The second-order valence-electron chi connectivity index (χ2n) is 5.61. The summed E-state index contributed by atoms with van der Waals surface area (Å²) in [4.78, 5) is 0. The predicted molar refractivity (Wildman–Crippen MR) is 98.6 cm³/mol. The van der Waals surface area contributed by atoms with E-state index >= 15 is 0 Å². The highest BCUT2D eigenvalue weighted by molar-refractivity contribution is 14.1. The molecule has 2 aromatic carbocycles. The number of halogens is 1. The second-order valence-corrected chi connectivity index (χ2v) is 6.85.